The van der Waals surface area contributed by atoms with Crippen LogP contribution in [0, 0.1) is 6.92 Å². The van der Waals surface area contributed by atoms with Gasteiger partial charge in [-0.1, -0.05) is 0 Å². The second-order valence-corrected chi connectivity index (χ2v) is 18.2. The third kappa shape index (κ3) is 3.05. The number of aromatic nitrogens is 3. The van der Waals surface area contributed by atoms with E-state index in [0.717, 1.165) is 33.4 Å². The minimum atomic E-state index is -1.86. The van der Waals surface area contributed by atoms with Gasteiger partial charge in [-0.05, 0) is 0 Å². The summed E-state index contributed by atoms with van der Waals surface area (Å²) in [6.45, 7) is 2.21. The van der Waals surface area contributed by atoms with Gasteiger partial charge in [-0.2, -0.15) is 0 Å². The van der Waals surface area contributed by atoms with Crippen LogP contribution in [-0.2, 0) is 0 Å². The second kappa shape index (κ2) is 6.36. The number of aryl methyl sites for hydroxylation is 1. The van der Waals surface area contributed by atoms with Gasteiger partial charge in [0.2, 0.25) is 0 Å². The van der Waals surface area contributed by atoms with E-state index in [1.165, 1.54) is 12.0 Å². The van der Waals surface area contributed by atoms with Crippen LogP contribution in [0.3, 0.4) is 0 Å². The number of nitrogens with zero attached hydrogens (tertiary/aromatic N) is 3. The van der Waals surface area contributed by atoms with Crippen LogP contribution >= 0.6 is 0 Å². The molecule has 4 aromatic rings. The van der Waals surface area contributed by atoms with Gasteiger partial charge >= 0.3 is 156 Å². The predicted octanol–water partition coefficient (Wildman–Crippen LogP) is 4.81. The Morgan fingerprint density at radius 2 is 1.69 bits per heavy atom. The molecule has 0 N–H and O–H groups in total. The molecule has 2 heterocycles. The first kappa shape index (κ1) is 17.0. The molecule has 0 saturated carbocycles. The summed E-state index contributed by atoms with van der Waals surface area (Å²) in [7, 11) is 0. The molecule has 5 heteroatoms. The fourth-order valence-electron chi connectivity index (χ4n) is 3.45. The second-order valence-electron chi connectivity index (χ2n) is 7.61. The van der Waals surface area contributed by atoms with E-state index in [-0.39, 0.29) is 0 Å². The Labute approximate surface area is 155 Å². The molecule has 130 valence electrons. The molecule has 0 bridgehead atoms. The van der Waals surface area contributed by atoms with Crippen LogP contribution in [0.5, 0.6) is 0 Å². The van der Waals surface area contributed by atoms with Crippen molar-refractivity contribution in [1.29, 1.82) is 0 Å². The van der Waals surface area contributed by atoms with Gasteiger partial charge in [-0.25, -0.2) is 0 Å². The Morgan fingerprint density at radius 1 is 0.885 bits per heavy atom. The van der Waals surface area contributed by atoms with Crippen molar-refractivity contribution in [2.75, 3.05) is 0 Å². The number of hydrogen-bond acceptors (Lipinski definition) is 4. The van der Waals surface area contributed by atoms with Crippen molar-refractivity contribution >= 4 is 28.6 Å². The first-order valence-corrected chi connectivity index (χ1v) is 16.0. The monoisotopic (exact) mass is 405 g/mol. The molecule has 0 aliphatic heterocycles. The Balaban J connectivity index is 1.83. The van der Waals surface area contributed by atoms with E-state index in [9.17, 15) is 0 Å². The summed E-state index contributed by atoms with van der Waals surface area (Å²) >= 11 is -1.86. The summed E-state index contributed by atoms with van der Waals surface area (Å²) in [5.41, 5.74) is 6.18. The van der Waals surface area contributed by atoms with Crippen LogP contribution in [0.25, 0.3) is 33.4 Å². The predicted molar refractivity (Wildman–Crippen MR) is 108 cm³/mol. The molecule has 0 aliphatic rings. The molecule has 2 aromatic carbocycles. The van der Waals surface area contributed by atoms with E-state index in [1.54, 1.807) is 17.0 Å². The number of benzene rings is 2. The van der Waals surface area contributed by atoms with Crippen molar-refractivity contribution in [1.82, 2.24) is 15.0 Å². The van der Waals surface area contributed by atoms with Crippen LogP contribution in [0.1, 0.15) is 5.56 Å². The fourth-order valence-corrected chi connectivity index (χ4v) is 7.31. The van der Waals surface area contributed by atoms with Crippen LogP contribution < -0.4 is 4.40 Å². The number of hydrogen-bond donors (Lipinski definition) is 0. The maximum absolute atomic E-state index is 5.09. The SMILES string of the molecule is Cc1cc(-c2ncnc3cc(-c4cocn4)ccc23)cc[c]1[Ge]([CH3])([CH3])[CH3]. The zero-order valence-electron chi connectivity index (χ0n) is 15.4. The molecular formula is C21H21GeN3O. The summed E-state index contributed by atoms with van der Waals surface area (Å²) in [4.78, 5) is 13.2. The Hall–Kier alpha value is -2.47. The molecule has 0 unspecified atom stereocenters. The van der Waals surface area contributed by atoms with Crippen molar-refractivity contribution in [3.8, 4) is 22.5 Å². The first-order chi connectivity index (χ1) is 12.4. The van der Waals surface area contributed by atoms with Gasteiger partial charge in [0.1, 0.15) is 0 Å². The van der Waals surface area contributed by atoms with Gasteiger partial charge in [0.25, 0.3) is 0 Å². The molecule has 4 rings (SSSR count). The van der Waals surface area contributed by atoms with E-state index in [1.807, 2.05) is 12.1 Å². The molecule has 0 fully saturated rings. The van der Waals surface area contributed by atoms with Crippen LogP contribution in [-0.4, -0.2) is 28.2 Å². The standard InChI is InChI=1S/C21H21GeN3O/c1-14-9-16(6-8-18(14)22(2,3)4)21-17-7-5-15(20-11-26-13-25-20)10-19(17)23-12-24-21/h5-13H,1-4H3. The molecule has 0 radical (unpaired) electrons. The van der Waals surface area contributed by atoms with Gasteiger partial charge in [0.05, 0.1) is 0 Å². The summed E-state index contributed by atoms with van der Waals surface area (Å²) in [5, 5.41) is 1.05. The number of oxazole rings is 1. The van der Waals surface area contributed by atoms with Gasteiger partial charge in [-0.3, -0.25) is 0 Å². The molecule has 0 aliphatic carbocycles. The average molecular weight is 404 g/mol. The molecule has 0 spiro atoms. The van der Waals surface area contributed by atoms with Crippen molar-refractivity contribution in [3.05, 3.63) is 60.9 Å². The van der Waals surface area contributed by atoms with Crippen molar-refractivity contribution in [3.63, 3.8) is 0 Å². The topological polar surface area (TPSA) is 51.8 Å². The quantitative estimate of drug-likeness (QED) is 0.461. The van der Waals surface area contributed by atoms with Gasteiger partial charge in [0, 0.05) is 0 Å². The van der Waals surface area contributed by atoms with Gasteiger partial charge in [-0.15, -0.1) is 0 Å². The molecular weight excluding hydrogens is 383 g/mol. The van der Waals surface area contributed by atoms with Gasteiger partial charge in [0.15, 0.2) is 0 Å². The molecule has 4 nitrogen and oxygen atoms in total. The van der Waals surface area contributed by atoms with Crippen LogP contribution in [0.15, 0.2) is 59.8 Å². The zero-order chi connectivity index (χ0) is 18.3. The normalized spacial score (nSPS) is 11.8. The zero-order valence-corrected chi connectivity index (χ0v) is 17.5. The summed E-state index contributed by atoms with van der Waals surface area (Å²) in [6.07, 6.45) is 4.72. The number of fused-ring (bicyclic) bond motifs is 1. The molecule has 0 atom stereocenters. The maximum atomic E-state index is 5.09. The van der Waals surface area contributed by atoms with Crippen molar-refractivity contribution in [2.24, 2.45) is 0 Å². The van der Waals surface area contributed by atoms with Crippen molar-refractivity contribution in [2.45, 2.75) is 24.2 Å². The number of rotatable bonds is 3. The Bertz CT molecular complexity index is 1080. The third-order valence-corrected chi connectivity index (χ3v) is 9.24. The van der Waals surface area contributed by atoms with Gasteiger partial charge < -0.3 is 0 Å². The molecule has 0 amide bonds. The van der Waals surface area contributed by atoms with Crippen LogP contribution in [0.4, 0.5) is 0 Å². The van der Waals surface area contributed by atoms with Crippen LogP contribution in [0.2, 0.25) is 17.3 Å². The Kier molecular flexibility index (Phi) is 4.15. The van der Waals surface area contributed by atoms with E-state index in [2.05, 4.69) is 63.4 Å². The van der Waals surface area contributed by atoms with E-state index < -0.39 is 13.3 Å². The Morgan fingerprint density at radius 3 is 2.38 bits per heavy atom. The summed E-state index contributed by atoms with van der Waals surface area (Å²) < 4.78 is 6.63. The molecule has 2 aromatic heterocycles. The summed E-state index contributed by atoms with van der Waals surface area (Å²) in [5.74, 6) is 7.27. The van der Waals surface area contributed by atoms with E-state index >= 15 is 0 Å². The average Bonchev–Trinajstić information content (AvgIpc) is 3.14. The molecule has 26 heavy (non-hydrogen) atoms. The minimum absolute atomic E-state index is 0.809. The van der Waals surface area contributed by atoms with E-state index in [0.29, 0.717) is 0 Å². The van der Waals surface area contributed by atoms with E-state index in [4.69, 9.17) is 4.42 Å². The summed E-state index contributed by atoms with van der Waals surface area (Å²) in [6, 6.07) is 12.9. The third-order valence-electron chi connectivity index (χ3n) is 4.67. The first-order valence-electron chi connectivity index (χ1n) is 8.68. The van der Waals surface area contributed by atoms with Crippen molar-refractivity contribution < 1.29 is 4.42 Å². The molecule has 0 saturated heterocycles. The fraction of sp³-hybridized carbons (Fsp3) is 0.190.